The smallest absolute Gasteiger partial charge is 0.230 e. The molecule has 0 spiro atoms. The molecule has 1 nitrogen and oxygen atoms in total. The Bertz CT molecular complexity index is 549. The zero-order chi connectivity index (χ0) is 12.6. The van der Waals surface area contributed by atoms with Gasteiger partial charge in [-0.1, -0.05) is 12.1 Å². The number of halogens is 5. The van der Waals surface area contributed by atoms with Crippen LogP contribution in [0.1, 0.15) is 5.69 Å². The Morgan fingerprint density at radius 1 is 1.24 bits per heavy atom. The van der Waals surface area contributed by atoms with Crippen LogP contribution in [0.2, 0.25) is 0 Å². The highest BCUT2D eigenvalue weighted by molar-refractivity contribution is 9.11. The van der Waals surface area contributed by atoms with E-state index in [1.165, 1.54) is 18.2 Å². The van der Waals surface area contributed by atoms with Crippen LogP contribution in [-0.4, -0.2) is 4.98 Å². The van der Waals surface area contributed by atoms with Crippen LogP contribution in [0, 0.1) is 5.82 Å². The molecule has 0 unspecified atom stereocenters. The molecule has 0 aliphatic carbocycles. The standard InChI is InChI=1S/C10H4BrF4NS/c11-8-7(10(13,14)15)16-9(17-8)5-2-1-3-6(12)4-5/h1-4H. The summed E-state index contributed by atoms with van der Waals surface area (Å²) in [6, 6.07) is 5.30. The number of nitrogens with zero attached hydrogens (tertiary/aromatic N) is 1. The third-order valence-electron chi connectivity index (χ3n) is 1.93. The minimum atomic E-state index is -4.51. The number of benzene rings is 1. The zero-order valence-electron chi connectivity index (χ0n) is 8.05. The topological polar surface area (TPSA) is 12.9 Å². The summed E-state index contributed by atoms with van der Waals surface area (Å²) in [7, 11) is 0. The van der Waals surface area contributed by atoms with Gasteiger partial charge in [0.1, 0.15) is 14.6 Å². The summed E-state index contributed by atoms with van der Waals surface area (Å²) in [6.45, 7) is 0. The van der Waals surface area contributed by atoms with Crippen LogP contribution in [-0.2, 0) is 6.18 Å². The Kier molecular flexibility index (Phi) is 3.22. The molecule has 2 rings (SSSR count). The molecule has 0 N–H and O–H groups in total. The van der Waals surface area contributed by atoms with Crippen LogP contribution in [0.5, 0.6) is 0 Å². The Balaban J connectivity index is 2.49. The monoisotopic (exact) mass is 325 g/mol. The molecule has 7 heteroatoms. The molecule has 90 valence electrons. The molecule has 2 aromatic rings. The van der Waals surface area contributed by atoms with Crippen molar-refractivity contribution in [3.8, 4) is 10.6 Å². The number of hydrogen-bond donors (Lipinski definition) is 0. The second kappa shape index (κ2) is 4.38. The van der Waals surface area contributed by atoms with Gasteiger partial charge in [-0.05, 0) is 28.1 Å². The number of rotatable bonds is 1. The Hall–Kier alpha value is -0.950. The maximum Gasteiger partial charge on any atom is 0.435 e. The minimum absolute atomic E-state index is 0.107. The average molecular weight is 326 g/mol. The van der Waals surface area contributed by atoms with Gasteiger partial charge >= 0.3 is 6.18 Å². The van der Waals surface area contributed by atoms with Crippen molar-refractivity contribution < 1.29 is 17.6 Å². The molecule has 1 aromatic heterocycles. The van der Waals surface area contributed by atoms with E-state index in [1.807, 2.05) is 0 Å². The van der Waals surface area contributed by atoms with Gasteiger partial charge in [0.05, 0.1) is 0 Å². The van der Waals surface area contributed by atoms with Crippen molar-refractivity contribution in [2.45, 2.75) is 6.18 Å². The highest BCUT2D eigenvalue weighted by Crippen LogP contribution is 2.40. The lowest BCUT2D eigenvalue weighted by Crippen LogP contribution is -2.05. The predicted molar refractivity (Wildman–Crippen MR) is 60.2 cm³/mol. The largest absolute Gasteiger partial charge is 0.435 e. The summed E-state index contributed by atoms with van der Waals surface area (Å²) in [5, 5.41) is 0.128. The molecular weight excluding hydrogens is 322 g/mol. The van der Waals surface area contributed by atoms with Crippen LogP contribution in [0.3, 0.4) is 0 Å². The van der Waals surface area contributed by atoms with Gasteiger partial charge in [-0.15, -0.1) is 11.3 Å². The normalized spacial score (nSPS) is 11.8. The van der Waals surface area contributed by atoms with Gasteiger partial charge in [-0.2, -0.15) is 13.2 Å². The van der Waals surface area contributed by atoms with Crippen molar-refractivity contribution in [3.63, 3.8) is 0 Å². The molecule has 0 radical (unpaired) electrons. The molecule has 0 aliphatic heterocycles. The molecule has 1 heterocycles. The van der Waals surface area contributed by atoms with Gasteiger partial charge in [0.2, 0.25) is 0 Å². The fourth-order valence-corrected chi connectivity index (χ4v) is 2.80. The summed E-state index contributed by atoms with van der Waals surface area (Å²) in [5.41, 5.74) is -0.659. The molecule has 0 saturated carbocycles. The van der Waals surface area contributed by atoms with Gasteiger partial charge in [-0.25, -0.2) is 9.37 Å². The lowest BCUT2D eigenvalue weighted by Gasteiger charge is -2.01. The van der Waals surface area contributed by atoms with Crippen LogP contribution < -0.4 is 0 Å². The molecule has 0 fully saturated rings. The summed E-state index contributed by atoms with van der Waals surface area (Å²) in [6.07, 6.45) is -4.51. The first kappa shape index (κ1) is 12.5. The van der Waals surface area contributed by atoms with E-state index in [9.17, 15) is 17.6 Å². The fraction of sp³-hybridized carbons (Fsp3) is 0.100. The Morgan fingerprint density at radius 2 is 1.94 bits per heavy atom. The third-order valence-corrected chi connectivity index (χ3v) is 3.68. The van der Waals surface area contributed by atoms with Crippen molar-refractivity contribution in [2.24, 2.45) is 0 Å². The first-order chi connectivity index (χ1) is 7.88. The van der Waals surface area contributed by atoms with Crippen molar-refractivity contribution in [3.05, 3.63) is 39.6 Å². The van der Waals surface area contributed by atoms with Gasteiger partial charge < -0.3 is 0 Å². The summed E-state index contributed by atoms with van der Waals surface area (Å²) < 4.78 is 50.3. The molecule has 1 aromatic carbocycles. The fourth-order valence-electron chi connectivity index (χ4n) is 1.22. The highest BCUT2D eigenvalue weighted by Gasteiger charge is 2.37. The lowest BCUT2D eigenvalue weighted by molar-refractivity contribution is -0.141. The molecule has 0 atom stereocenters. The molecule has 0 amide bonds. The zero-order valence-corrected chi connectivity index (χ0v) is 10.5. The first-order valence-corrected chi connectivity index (χ1v) is 5.98. The number of alkyl halides is 3. The SMILES string of the molecule is Fc1cccc(-c2nc(C(F)(F)F)c(Br)s2)c1. The van der Waals surface area contributed by atoms with Gasteiger partial charge in [0.15, 0.2) is 5.69 Å². The average Bonchev–Trinajstić information content (AvgIpc) is 2.60. The molecular formula is C10H4BrF4NS. The Labute approximate surface area is 106 Å². The first-order valence-electron chi connectivity index (χ1n) is 4.37. The summed E-state index contributed by atoms with van der Waals surface area (Å²) in [5.74, 6) is -0.512. The number of aromatic nitrogens is 1. The quantitative estimate of drug-likeness (QED) is 0.691. The highest BCUT2D eigenvalue weighted by atomic mass is 79.9. The number of thiazole rings is 1. The number of hydrogen-bond acceptors (Lipinski definition) is 2. The van der Waals surface area contributed by atoms with E-state index >= 15 is 0 Å². The molecule has 0 bridgehead atoms. The maximum atomic E-state index is 12.9. The van der Waals surface area contributed by atoms with Gasteiger partial charge in [0.25, 0.3) is 0 Å². The van der Waals surface area contributed by atoms with E-state index in [4.69, 9.17) is 0 Å². The van der Waals surface area contributed by atoms with Gasteiger partial charge in [-0.3, -0.25) is 0 Å². The summed E-state index contributed by atoms with van der Waals surface area (Å²) >= 11 is 3.63. The maximum absolute atomic E-state index is 12.9. The van der Waals surface area contributed by atoms with Gasteiger partial charge in [0, 0.05) is 5.56 Å². The van der Waals surface area contributed by atoms with Crippen LogP contribution >= 0.6 is 27.3 Å². The van der Waals surface area contributed by atoms with Crippen molar-refractivity contribution in [1.82, 2.24) is 4.98 Å². The van der Waals surface area contributed by atoms with E-state index in [0.29, 0.717) is 5.56 Å². The molecule has 0 saturated heterocycles. The molecule has 0 aliphatic rings. The van der Waals surface area contributed by atoms with E-state index < -0.39 is 17.7 Å². The van der Waals surface area contributed by atoms with E-state index in [2.05, 4.69) is 20.9 Å². The van der Waals surface area contributed by atoms with Crippen molar-refractivity contribution in [2.75, 3.05) is 0 Å². The Morgan fingerprint density at radius 3 is 2.47 bits per heavy atom. The second-order valence-corrected chi connectivity index (χ2v) is 5.47. The van der Waals surface area contributed by atoms with E-state index in [1.54, 1.807) is 0 Å². The lowest BCUT2D eigenvalue weighted by atomic mass is 10.2. The van der Waals surface area contributed by atoms with Crippen LogP contribution in [0.4, 0.5) is 17.6 Å². The van der Waals surface area contributed by atoms with Crippen molar-refractivity contribution in [1.29, 1.82) is 0 Å². The summed E-state index contributed by atoms with van der Waals surface area (Å²) in [4.78, 5) is 3.47. The van der Waals surface area contributed by atoms with E-state index in [-0.39, 0.29) is 8.79 Å². The van der Waals surface area contributed by atoms with Crippen LogP contribution in [0.15, 0.2) is 28.1 Å². The van der Waals surface area contributed by atoms with Crippen LogP contribution in [0.25, 0.3) is 10.6 Å². The van der Waals surface area contributed by atoms with E-state index in [0.717, 1.165) is 17.4 Å². The predicted octanol–water partition coefficient (Wildman–Crippen LogP) is 4.73. The second-order valence-electron chi connectivity index (χ2n) is 3.15. The van der Waals surface area contributed by atoms with Crippen molar-refractivity contribution >= 4 is 27.3 Å². The minimum Gasteiger partial charge on any atom is -0.230 e. The molecule has 17 heavy (non-hydrogen) atoms. The third kappa shape index (κ3) is 2.66.